The molecule has 2 aromatic heterocycles. The summed E-state index contributed by atoms with van der Waals surface area (Å²) in [7, 11) is 1.44. The van der Waals surface area contributed by atoms with Crippen LogP contribution in [0.5, 0.6) is 0 Å². The predicted octanol–water partition coefficient (Wildman–Crippen LogP) is 2.73. The standard InChI is InChI=1S/C21H22F6N6O3/c1-32(14-3-2-13-16(21(25,26)27)18(35)31-30-17(13)14)15(34)10-36-12-4-6-33(7-5-12)19-28-8-11(9-29-19)20(22,23)24/h8-9,12,14H,2-7,10H2,1H3,(H,31,35)/t14-/m1/s1. The number of rotatable bonds is 5. The van der Waals surface area contributed by atoms with Gasteiger partial charge in [-0.1, -0.05) is 0 Å². The Morgan fingerprint density at radius 1 is 1.11 bits per heavy atom. The number of nitrogens with one attached hydrogen (secondary N) is 1. The Balaban J connectivity index is 1.31. The van der Waals surface area contributed by atoms with E-state index >= 15 is 0 Å². The van der Waals surface area contributed by atoms with Crippen LogP contribution in [-0.4, -0.2) is 63.8 Å². The number of alkyl halides is 6. The molecule has 1 N–H and O–H groups in total. The zero-order chi connectivity index (χ0) is 26.3. The van der Waals surface area contributed by atoms with Gasteiger partial charge in [0, 0.05) is 32.5 Å². The number of carbonyl (C=O) groups excluding carboxylic acids is 1. The number of amides is 1. The molecule has 2 aliphatic rings. The monoisotopic (exact) mass is 520 g/mol. The number of nitrogens with zero attached hydrogens (tertiary/aromatic N) is 5. The maximum Gasteiger partial charge on any atom is 0.422 e. The Morgan fingerprint density at radius 2 is 1.75 bits per heavy atom. The van der Waals surface area contributed by atoms with Crippen molar-refractivity contribution in [3.05, 3.63) is 45.1 Å². The topological polar surface area (TPSA) is 104 Å². The quantitative estimate of drug-likeness (QED) is 0.605. The number of fused-ring (bicyclic) bond motifs is 1. The molecule has 0 unspecified atom stereocenters. The Bertz CT molecular complexity index is 1160. The van der Waals surface area contributed by atoms with Gasteiger partial charge in [0.15, 0.2) is 0 Å². The number of hydrogen-bond donors (Lipinski definition) is 1. The second-order valence-electron chi connectivity index (χ2n) is 8.62. The number of halogens is 6. The molecule has 1 atom stereocenters. The van der Waals surface area contributed by atoms with E-state index in [0.29, 0.717) is 25.9 Å². The average molecular weight is 520 g/mol. The molecule has 1 fully saturated rings. The minimum Gasteiger partial charge on any atom is -0.368 e. The van der Waals surface area contributed by atoms with Gasteiger partial charge in [-0.3, -0.25) is 9.59 Å². The van der Waals surface area contributed by atoms with E-state index < -0.39 is 41.0 Å². The van der Waals surface area contributed by atoms with Crippen molar-refractivity contribution in [3.8, 4) is 0 Å². The van der Waals surface area contributed by atoms with Crippen molar-refractivity contribution in [2.45, 2.75) is 50.2 Å². The molecule has 1 amide bonds. The normalized spacial score (nSPS) is 18.9. The number of aromatic amines is 1. The Hall–Kier alpha value is -3.23. The molecule has 0 bridgehead atoms. The lowest BCUT2D eigenvalue weighted by Crippen LogP contribution is -2.40. The van der Waals surface area contributed by atoms with Gasteiger partial charge in [0.1, 0.15) is 12.2 Å². The average Bonchev–Trinajstić information content (AvgIpc) is 3.24. The SMILES string of the molecule is CN(C(=O)COC1CCN(c2ncc(C(F)(F)F)cn2)CC1)[C@@H]1CCc2c1n[nH]c(=O)c2C(F)(F)F. The molecule has 1 aliphatic carbocycles. The fraction of sp³-hybridized carbons (Fsp3) is 0.571. The van der Waals surface area contributed by atoms with Crippen LogP contribution in [0.1, 0.15) is 47.7 Å². The van der Waals surface area contributed by atoms with Crippen molar-refractivity contribution >= 4 is 11.9 Å². The molecular formula is C21H22F6N6O3. The summed E-state index contributed by atoms with van der Waals surface area (Å²) in [5.74, 6) is -0.288. The molecule has 36 heavy (non-hydrogen) atoms. The molecule has 15 heteroatoms. The molecule has 0 spiro atoms. The van der Waals surface area contributed by atoms with E-state index in [1.807, 2.05) is 5.10 Å². The summed E-state index contributed by atoms with van der Waals surface area (Å²) in [5.41, 5.74) is -3.71. The third-order valence-electron chi connectivity index (χ3n) is 6.38. The molecule has 1 saturated heterocycles. The Labute approximate surface area is 200 Å². The maximum atomic E-state index is 13.3. The molecule has 0 saturated carbocycles. The molecule has 9 nitrogen and oxygen atoms in total. The Kier molecular flexibility index (Phi) is 6.94. The number of hydrogen-bond acceptors (Lipinski definition) is 7. The molecular weight excluding hydrogens is 498 g/mol. The van der Waals surface area contributed by atoms with Crippen LogP contribution in [0.2, 0.25) is 0 Å². The van der Waals surface area contributed by atoms with Gasteiger partial charge in [0.2, 0.25) is 11.9 Å². The first-order valence-electron chi connectivity index (χ1n) is 11.1. The summed E-state index contributed by atoms with van der Waals surface area (Å²) in [4.78, 5) is 34.9. The van der Waals surface area contributed by atoms with Gasteiger partial charge < -0.3 is 14.5 Å². The van der Waals surface area contributed by atoms with E-state index in [4.69, 9.17) is 4.74 Å². The van der Waals surface area contributed by atoms with Gasteiger partial charge in [-0.25, -0.2) is 15.1 Å². The van der Waals surface area contributed by atoms with E-state index in [1.54, 1.807) is 4.90 Å². The number of carbonyl (C=O) groups is 1. The van der Waals surface area contributed by atoms with Crippen LogP contribution in [0.25, 0.3) is 0 Å². The van der Waals surface area contributed by atoms with Crippen LogP contribution in [0.15, 0.2) is 17.2 Å². The highest BCUT2D eigenvalue weighted by atomic mass is 19.4. The lowest BCUT2D eigenvalue weighted by molar-refractivity contribution is -0.140. The minimum absolute atomic E-state index is 0.0163. The van der Waals surface area contributed by atoms with Crippen LogP contribution in [-0.2, 0) is 28.3 Å². The molecule has 0 radical (unpaired) electrons. The van der Waals surface area contributed by atoms with Crippen LogP contribution in [0.3, 0.4) is 0 Å². The van der Waals surface area contributed by atoms with Crippen LogP contribution < -0.4 is 10.5 Å². The third kappa shape index (κ3) is 5.29. The fourth-order valence-corrected chi connectivity index (χ4v) is 4.44. The smallest absolute Gasteiger partial charge is 0.368 e. The van der Waals surface area contributed by atoms with Crippen molar-refractivity contribution in [2.24, 2.45) is 0 Å². The number of likely N-dealkylation sites (N-methyl/N-ethyl adjacent to an activating group) is 1. The molecule has 196 valence electrons. The van der Waals surface area contributed by atoms with Crippen LogP contribution in [0, 0.1) is 0 Å². The van der Waals surface area contributed by atoms with Gasteiger partial charge in [-0.05, 0) is 31.2 Å². The van der Waals surface area contributed by atoms with Crippen molar-refractivity contribution in [3.63, 3.8) is 0 Å². The molecule has 4 rings (SSSR count). The third-order valence-corrected chi connectivity index (χ3v) is 6.38. The summed E-state index contributed by atoms with van der Waals surface area (Å²) >= 11 is 0. The highest BCUT2D eigenvalue weighted by molar-refractivity contribution is 5.77. The van der Waals surface area contributed by atoms with E-state index in [2.05, 4.69) is 15.1 Å². The highest BCUT2D eigenvalue weighted by Gasteiger charge is 2.42. The Morgan fingerprint density at radius 3 is 2.33 bits per heavy atom. The van der Waals surface area contributed by atoms with Crippen molar-refractivity contribution in [2.75, 3.05) is 31.6 Å². The number of piperidine rings is 1. The van der Waals surface area contributed by atoms with E-state index in [0.717, 1.165) is 12.4 Å². The first-order valence-corrected chi connectivity index (χ1v) is 11.1. The zero-order valence-corrected chi connectivity index (χ0v) is 19.0. The van der Waals surface area contributed by atoms with Crippen molar-refractivity contribution < 1.29 is 35.9 Å². The van der Waals surface area contributed by atoms with Crippen molar-refractivity contribution in [1.82, 2.24) is 25.1 Å². The second kappa shape index (κ2) is 9.67. The van der Waals surface area contributed by atoms with Crippen LogP contribution >= 0.6 is 0 Å². The number of aromatic nitrogens is 4. The summed E-state index contributed by atoms with van der Waals surface area (Å²) in [6, 6.07) is -0.729. The van der Waals surface area contributed by atoms with E-state index in [9.17, 15) is 35.9 Å². The summed E-state index contributed by atoms with van der Waals surface area (Å²) < 4.78 is 83.6. The first-order chi connectivity index (χ1) is 16.9. The van der Waals surface area contributed by atoms with Gasteiger partial charge in [0.05, 0.1) is 23.4 Å². The predicted molar refractivity (Wildman–Crippen MR) is 112 cm³/mol. The lowest BCUT2D eigenvalue weighted by Gasteiger charge is -2.32. The van der Waals surface area contributed by atoms with Crippen LogP contribution in [0.4, 0.5) is 32.3 Å². The van der Waals surface area contributed by atoms with E-state index in [1.165, 1.54) is 11.9 Å². The molecule has 0 aromatic carbocycles. The largest absolute Gasteiger partial charge is 0.422 e. The van der Waals surface area contributed by atoms with Gasteiger partial charge >= 0.3 is 12.4 Å². The van der Waals surface area contributed by atoms with Gasteiger partial charge in [-0.2, -0.15) is 31.4 Å². The minimum atomic E-state index is -4.83. The molecule has 1 aliphatic heterocycles. The maximum absolute atomic E-state index is 13.3. The highest BCUT2D eigenvalue weighted by Crippen LogP contribution is 2.39. The lowest BCUT2D eigenvalue weighted by atomic mass is 10.1. The number of anilines is 1. The summed E-state index contributed by atoms with van der Waals surface area (Å²) in [6.45, 7) is 0.514. The fourth-order valence-electron chi connectivity index (χ4n) is 4.44. The summed E-state index contributed by atoms with van der Waals surface area (Å²) in [6.07, 6.45) is -7.09. The molecule has 2 aromatic rings. The van der Waals surface area contributed by atoms with Gasteiger partial charge in [0.25, 0.3) is 5.56 Å². The van der Waals surface area contributed by atoms with Crippen molar-refractivity contribution in [1.29, 1.82) is 0 Å². The van der Waals surface area contributed by atoms with E-state index in [-0.39, 0.29) is 42.8 Å². The molecule has 3 heterocycles. The first kappa shape index (κ1) is 25.9. The van der Waals surface area contributed by atoms with Gasteiger partial charge in [-0.15, -0.1) is 0 Å². The number of H-pyrrole nitrogens is 1. The zero-order valence-electron chi connectivity index (χ0n) is 19.0. The second-order valence-corrected chi connectivity index (χ2v) is 8.62. The number of ether oxygens (including phenoxy) is 1. The summed E-state index contributed by atoms with van der Waals surface area (Å²) in [5, 5.41) is 5.65.